The highest BCUT2D eigenvalue weighted by atomic mass is 31.2. The average molecular weight is 452 g/mol. The molecule has 0 N–H and O–H groups in total. The van der Waals surface area contributed by atoms with Crippen molar-refractivity contribution >= 4 is 37.2 Å². The number of carbonyl (C=O) groups excluding carboxylic acids is 5. The summed E-state index contributed by atoms with van der Waals surface area (Å²) in [4.78, 5) is 58.2. The van der Waals surface area contributed by atoms with Crippen LogP contribution in [0.4, 0.5) is 0 Å². The molecule has 0 amide bonds. The molecule has 1 aliphatic heterocycles. The second-order valence-electron chi connectivity index (χ2n) is 6.42. The molecule has 0 aromatic rings. The first-order chi connectivity index (χ1) is 13.8. The molecule has 1 unspecified atom stereocenters. The fourth-order valence-corrected chi connectivity index (χ4v) is 5.81. The van der Waals surface area contributed by atoms with Crippen molar-refractivity contribution in [3.63, 3.8) is 0 Å². The van der Waals surface area contributed by atoms with E-state index >= 15 is 0 Å². The molecule has 0 saturated carbocycles. The predicted molar refractivity (Wildman–Crippen MR) is 97.3 cm³/mol. The van der Waals surface area contributed by atoms with E-state index in [1.807, 2.05) is 0 Å². The number of hydrogen-bond acceptors (Lipinski definition) is 12. The maximum Gasteiger partial charge on any atom is 0.303 e. The number of hydrogen-bond donors (Lipinski definition) is 0. The Kier molecular flexibility index (Phi) is 8.98. The molecule has 1 aliphatic rings. The molecule has 12 nitrogen and oxygen atoms in total. The molecule has 0 aromatic heterocycles. The molecular formula is C17H25O12P. The lowest BCUT2D eigenvalue weighted by Crippen LogP contribution is -2.61. The Morgan fingerprint density at radius 3 is 1.50 bits per heavy atom. The first-order valence-electron chi connectivity index (χ1n) is 8.80. The zero-order valence-corrected chi connectivity index (χ0v) is 18.3. The van der Waals surface area contributed by atoms with E-state index in [9.17, 15) is 28.5 Å². The molecule has 1 saturated heterocycles. The fourth-order valence-electron chi connectivity index (χ4n) is 3.10. The largest absolute Gasteiger partial charge is 0.465 e. The van der Waals surface area contributed by atoms with Gasteiger partial charge in [0.05, 0.1) is 0 Å². The van der Waals surface area contributed by atoms with Gasteiger partial charge in [-0.15, -0.1) is 0 Å². The highest BCUT2D eigenvalue weighted by molar-refractivity contribution is 7.60. The van der Waals surface area contributed by atoms with Crippen LogP contribution >= 0.6 is 7.37 Å². The Labute approximate surface area is 172 Å². The van der Waals surface area contributed by atoms with Gasteiger partial charge >= 0.3 is 29.8 Å². The summed E-state index contributed by atoms with van der Waals surface area (Å²) in [5.74, 6) is -5.93. The second kappa shape index (κ2) is 10.5. The molecule has 0 aliphatic carbocycles. The summed E-state index contributed by atoms with van der Waals surface area (Å²) in [5, 5.41) is 0. The van der Waals surface area contributed by atoms with Crippen molar-refractivity contribution < 1.29 is 56.7 Å². The molecule has 13 heteroatoms. The lowest BCUT2D eigenvalue weighted by molar-refractivity contribution is -0.198. The van der Waals surface area contributed by atoms with Crippen LogP contribution in [0.5, 0.6) is 0 Å². The van der Waals surface area contributed by atoms with Crippen molar-refractivity contribution in [3.8, 4) is 0 Å². The van der Waals surface area contributed by atoms with E-state index in [0.29, 0.717) is 0 Å². The Hall–Kier alpha value is -2.46. The Balaban J connectivity index is 3.69. The van der Waals surface area contributed by atoms with Crippen molar-refractivity contribution in [1.82, 2.24) is 0 Å². The van der Waals surface area contributed by atoms with Gasteiger partial charge in [0.15, 0.2) is 18.3 Å². The summed E-state index contributed by atoms with van der Waals surface area (Å²) in [7, 11) is -3.15. The minimum Gasteiger partial charge on any atom is -0.465 e. The van der Waals surface area contributed by atoms with Gasteiger partial charge in [-0.25, -0.2) is 0 Å². The molecule has 1 fully saturated rings. The van der Waals surface area contributed by atoms with Crippen LogP contribution in [0, 0.1) is 0 Å². The van der Waals surface area contributed by atoms with Crippen LogP contribution in [0.25, 0.3) is 0 Å². The minimum atomic E-state index is -4.20. The maximum absolute atomic E-state index is 13.8. The summed E-state index contributed by atoms with van der Waals surface area (Å²) >= 11 is 0. The molecule has 1 heterocycles. The summed E-state index contributed by atoms with van der Waals surface area (Å²) in [5.41, 5.74) is -1.39. The van der Waals surface area contributed by atoms with Crippen molar-refractivity contribution in [2.45, 2.75) is 64.4 Å². The van der Waals surface area contributed by atoms with Gasteiger partial charge in [-0.1, -0.05) is 0 Å². The third kappa shape index (κ3) is 6.27. The van der Waals surface area contributed by atoms with Gasteiger partial charge in [-0.3, -0.25) is 28.5 Å². The predicted octanol–water partition coefficient (Wildman–Crippen LogP) is 0.540. The topological polar surface area (TPSA) is 158 Å². The van der Waals surface area contributed by atoms with E-state index in [1.165, 1.54) is 0 Å². The molecule has 0 spiro atoms. The molecule has 0 aromatic carbocycles. The highest BCUT2D eigenvalue weighted by Crippen LogP contribution is 2.63. The zero-order valence-electron chi connectivity index (χ0n) is 17.4. The monoisotopic (exact) mass is 452 g/mol. The van der Waals surface area contributed by atoms with Crippen molar-refractivity contribution in [2.75, 3.05) is 13.7 Å². The summed E-state index contributed by atoms with van der Waals surface area (Å²) < 4.78 is 44.7. The second-order valence-corrected chi connectivity index (χ2v) is 9.25. The SMILES string of the molecule is COP1(=O)[C@H](OC(C)=O)[C@@H](OC(C)=O)[C@@H](OC(C)=O)[C@H](OC(C)=O)[C@@H]1COC(C)=O. The van der Waals surface area contributed by atoms with Gasteiger partial charge in [0.1, 0.15) is 12.3 Å². The van der Waals surface area contributed by atoms with Crippen LogP contribution < -0.4 is 0 Å². The smallest absolute Gasteiger partial charge is 0.303 e. The number of rotatable bonds is 7. The first kappa shape index (κ1) is 25.6. The molecular weight excluding hydrogens is 427 g/mol. The molecule has 6 atom stereocenters. The lowest BCUT2D eigenvalue weighted by atomic mass is 10.0. The number of ether oxygens (including phenoxy) is 5. The maximum atomic E-state index is 13.8. The van der Waals surface area contributed by atoms with E-state index in [4.69, 9.17) is 28.2 Å². The van der Waals surface area contributed by atoms with E-state index in [1.54, 1.807) is 0 Å². The standard InChI is InChI=1S/C17H25O12P/c1-8(18)25-7-13-14(26-9(2)19)15(27-10(3)20)16(28-11(4)21)17(29-12(5)22)30(13,23)24-6/h13-17H,7H2,1-6H3/t13-,14+,15-,16-,17-,30?/m0/s1. The molecule has 170 valence electrons. The summed E-state index contributed by atoms with van der Waals surface area (Å²) in [6.07, 6.45) is -4.66. The average Bonchev–Trinajstić information content (AvgIpc) is 2.59. The van der Waals surface area contributed by atoms with E-state index < -0.39 is 73.6 Å². The summed E-state index contributed by atoms with van der Waals surface area (Å²) in [6.45, 7) is 4.65. The Bertz CT molecular complexity index is 747. The van der Waals surface area contributed by atoms with Gasteiger partial charge in [0.2, 0.25) is 5.85 Å². The quantitative estimate of drug-likeness (QED) is 0.300. The Morgan fingerprint density at radius 1 is 0.667 bits per heavy atom. The fraction of sp³-hybridized carbons (Fsp3) is 0.706. The van der Waals surface area contributed by atoms with Crippen LogP contribution in [-0.4, -0.2) is 73.4 Å². The van der Waals surface area contributed by atoms with Gasteiger partial charge < -0.3 is 28.2 Å². The molecule has 30 heavy (non-hydrogen) atoms. The van der Waals surface area contributed by atoms with E-state index in [0.717, 1.165) is 41.7 Å². The van der Waals surface area contributed by atoms with E-state index in [-0.39, 0.29) is 0 Å². The van der Waals surface area contributed by atoms with Crippen molar-refractivity contribution in [3.05, 3.63) is 0 Å². The van der Waals surface area contributed by atoms with Crippen molar-refractivity contribution in [1.29, 1.82) is 0 Å². The van der Waals surface area contributed by atoms with Gasteiger partial charge in [-0.05, 0) is 0 Å². The van der Waals surface area contributed by atoms with Crippen LogP contribution in [0.2, 0.25) is 0 Å². The minimum absolute atomic E-state index is 0.583. The normalized spacial score (nSPS) is 30.5. The molecule has 0 radical (unpaired) electrons. The third-order valence-electron chi connectivity index (χ3n) is 4.06. The zero-order chi connectivity index (χ0) is 23.2. The van der Waals surface area contributed by atoms with Crippen LogP contribution in [0.3, 0.4) is 0 Å². The van der Waals surface area contributed by atoms with Crippen LogP contribution in [-0.2, 0) is 56.7 Å². The van der Waals surface area contributed by atoms with Crippen molar-refractivity contribution in [2.24, 2.45) is 0 Å². The van der Waals surface area contributed by atoms with Gasteiger partial charge in [0, 0.05) is 41.7 Å². The lowest BCUT2D eigenvalue weighted by Gasteiger charge is -2.47. The molecule has 0 bridgehead atoms. The third-order valence-corrected chi connectivity index (χ3v) is 7.11. The highest BCUT2D eigenvalue weighted by Gasteiger charge is 2.64. The van der Waals surface area contributed by atoms with Gasteiger partial charge in [-0.2, -0.15) is 0 Å². The van der Waals surface area contributed by atoms with E-state index in [2.05, 4.69) is 0 Å². The first-order valence-corrected chi connectivity index (χ1v) is 10.6. The van der Waals surface area contributed by atoms with Crippen LogP contribution in [0.1, 0.15) is 34.6 Å². The molecule has 1 rings (SSSR count). The number of esters is 5. The Morgan fingerprint density at radius 2 is 1.10 bits per heavy atom. The van der Waals surface area contributed by atoms with Crippen LogP contribution in [0.15, 0.2) is 0 Å². The summed E-state index contributed by atoms with van der Waals surface area (Å²) in [6, 6.07) is 0. The number of carbonyl (C=O) groups is 5. The van der Waals surface area contributed by atoms with Gasteiger partial charge in [0.25, 0.3) is 7.37 Å².